The van der Waals surface area contributed by atoms with Gasteiger partial charge in [0.05, 0.1) is 6.33 Å². The molecule has 2 fully saturated rings. The van der Waals surface area contributed by atoms with Crippen molar-refractivity contribution in [1.82, 2.24) is 29.5 Å². The molecule has 11 heteroatoms. The molecule has 4 heterocycles. The van der Waals surface area contributed by atoms with Crippen molar-refractivity contribution in [2.24, 2.45) is 7.05 Å². The molecule has 0 spiro atoms. The molecule has 0 aromatic carbocycles. The van der Waals surface area contributed by atoms with Gasteiger partial charge in [0.25, 0.3) is 0 Å². The Labute approximate surface area is 164 Å². The van der Waals surface area contributed by atoms with Crippen LogP contribution in [-0.2, 0) is 13.2 Å². The number of rotatable bonds is 3. The van der Waals surface area contributed by atoms with E-state index in [1.54, 1.807) is 6.33 Å². The fraction of sp³-hybridized carbons (Fsp3) is 0.500. The van der Waals surface area contributed by atoms with Gasteiger partial charge in [0.2, 0.25) is 0 Å². The molecule has 0 atom stereocenters. The summed E-state index contributed by atoms with van der Waals surface area (Å²) in [6, 6.07) is 1.06. The third-order valence-electron chi connectivity index (χ3n) is 5.36. The molecule has 5 rings (SSSR count). The molecule has 0 bridgehead atoms. The molecule has 2 aliphatic rings. The monoisotopic (exact) mass is 404 g/mol. The van der Waals surface area contributed by atoms with Crippen molar-refractivity contribution in [3.63, 3.8) is 0 Å². The average Bonchev–Trinajstić information content (AvgIpc) is 3.50. The van der Waals surface area contributed by atoms with Crippen LogP contribution in [-0.4, -0.2) is 55.7 Å². The third-order valence-corrected chi connectivity index (χ3v) is 5.36. The van der Waals surface area contributed by atoms with Gasteiger partial charge in [0.1, 0.15) is 29.2 Å². The summed E-state index contributed by atoms with van der Waals surface area (Å²) in [6.45, 7) is 2.31. The number of aromatic nitrogens is 6. The first-order valence-corrected chi connectivity index (χ1v) is 9.48. The molecule has 8 nitrogen and oxygen atoms in total. The van der Waals surface area contributed by atoms with Gasteiger partial charge in [-0.1, -0.05) is 0 Å². The minimum absolute atomic E-state index is 0.0523. The van der Waals surface area contributed by atoms with Crippen LogP contribution in [0.3, 0.4) is 0 Å². The number of fused-ring (bicyclic) bond motifs is 1. The van der Waals surface area contributed by atoms with Crippen LogP contribution in [0.1, 0.15) is 30.3 Å². The van der Waals surface area contributed by atoms with Crippen LogP contribution in [0.15, 0.2) is 18.7 Å². The summed E-state index contributed by atoms with van der Waals surface area (Å²) in [6.07, 6.45) is 0.401. The van der Waals surface area contributed by atoms with Crippen molar-refractivity contribution in [2.75, 3.05) is 36.0 Å². The average molecular weight is 404 g/mol. The molecule has 1 saturated heterocycles. The van der Waals surface area contributed by atoms with Crippen LogP contribution in [0.2, 0.25) is 0 Å². The Morgan fingerprint density at radius 1 is 0.966 bits per heavy atom. The highest BCUT2D eigenvalue weighted by atomic mass is 19.4. The molecule has 1 aliphatic heterocycles. The van der Waals surface area contributed by atoms with E-state index in [1.165, 1.54) is 6.33 Å². The van der Waals surface area contributed by atoms with Gasteiger partial charge < -0.3 is 14.4 Å². The normalized spacial score (nSPS) is 17.9. The molecule has 3 aromatic rings. The molecule has 29 heavy (non-hydrogen) atoms. The van der Waals surface area contributed by atoms with E-state index in [0.717, 1.165) is 30.2 Å². The predicted molar refractivity (Wildman–Crippen MR) is 99.7 cm³/mol. The number of piperazine rings is 1. The van der Waals surface area contributed by atoms with Gasteiger partial charge in [-0.25, -0.2) is 24.9 Å². The maximum Gasteiger partial charge on any atom is 0.433 e. The Morgan fingerprint density at radius 2 is 1.69 bits per heavy atom. The minimum Gasteiger partial charge on any atom is -0.353 e. The first kappa shape index (κ1) is 18.1. The largest absolute Gasteiger partial charge is 0.433 e. The minimum atomic E-state index is -4.48. The highest BCUT2D eigenvalue weighted by Gasteiger charge is 2.37. The summed E-state index contributed by atoms with van der Waals surface area (Å²) >= 11 is 0. The number of hydrogen-bond donors (Lipinski definition) is 0. The van der Waals surface area contributed by atoms with E-state index in [1.807, 2.05) is 16.5 Å². The van der Waals surface area contributed by atoms with E-state index in [4.69, 9.17) is 0 Å². The molecule has 3 aromatic heterocycles. The van der Waals surface area contributed by atoms with E-state index < -0.39 is 11.9 Å². The van der Waals surface area contributed by atoms with Gasteiger partial charge in [-0.3, -0.25) is 0 Å². The number of aryl methyl sites for hydroxylation is 1. The second-order valence-corrected chi connectivity index (χ2v) is 7.44. The number of nitrogens with zero attached hydrogens (tertiary/aromatic N) is 8. The van der Waals surface area contributed by atoms with Gasteiger partial charge in [-0.15, -0.1) is 0 Å². The maximum absolute atomic E-state index is 13.3. The summed E-state index contributed by atoms with van der Waals surface area (Å²) in [5.74, 6) is 1.50. The highest BCUT2D eigenvalue weighted by Crippen LogP contribution is 2.40. The quantitative estimate of drug-likeness (QED) is 0.663. The Kier molecular flexibility index (Phi) is 4.07. The van der Waals surface area contributed by atoms with Crippen molar-refractivity contribution in [2.45, 2.75) is 24.9 Å². The first-order chi connectivity index (χ1) is 13.9. The molecule has 0 N–H and O–H groups in total. The van der Waals surface area contributed by atoms with Gasteiger partial charge in [-0.05, 0) is 12.8 Å². The van der Waals surface area contributed by atoms with Crippen LogP contribution in [0.25, 0.3) is 11.2 Å². The molecule has 152 valence electrons. The summed E-state index contributed by atoms with van der Waals surface area (Å²) in [4.78, 5) is 25.0. The van der Waals surface area contributed by atoms with Crippen molar-refractivity contribution < 1.29 is 13.2 Å². The van der Waals surface area contributed by atoms with E-state index >= 15 is 0 Å². The number of alkyl halides is 3. The van der Waals surface area contributed by atoms with E-state index in [9.17, 15) is 13.2 Å². The lowest BCUT2D eigenvalue weighted by Crippen LogP contribution is -2.47. The van der Waals surface area contributed by atoms with Crippen LogP contribution >= 0.6 is 0 Å². The maximum atomic E-state index is 13.3. The number of anilines is 2. The lowest BCUT2D eigenvalue weighted by Gasteiger charge is -2.36. The first-order valence-electron chi connectivity index (χ1n) is 9.48. The lowest BCUT2D eigenvalue weighted by molar-refractivity contribution is -0.141. The molecular weight excluding hydrogens is 385 g/mol. The third kappa shape index (κ3) is 3.34. The fourth-order valence-electron chi connectivity index (χ4n) is 3.63. The van der Waals surface area contributed by atoms with E-state index in [2.05, 4.69) is 29.8 Å². The van der Waals surface area contributed by atoms with E-state index in [-0.39, 0.29) is 5.92 Å². The van der Waals surface area contributed by atoms with Crippen molar-refractivity contribution >= 4 is 22.8 Å². The second kappa shape index (κ2) is 6.53. The number of hydrogen-bond acceptors (Lipinski definition) is 7. The standard InChI is InChI=1S/C18H19F3N8/c1-27-10-24-16-14(27)17(23-9-22-16)29-6-4-28(5-7-29)13-8-12(18(19,20)21)25-15(26-13)11-2-3-11/h8-11H,2-7H2,1H3. The van der Waals surface area contributed by atoms with Gasteiger partial charge >= 0.3 is 6.18 Å². The zero-order valence-corrected chi connectivity index (χ0v) is 15.8. The van der Waals surface area contributed by atoms with Gasteiger partial charge in [0, 0.05) is 45.2 Å². The lowest BCUT2D eigenvalue weighted by atomic mass is 10.2. The second-order valence-electron chi connectivity index (χ2n) is 7.44. The summed E-state index contributed by atoms with van der Waals surface area (Å²) < 4.78 is 41.8. The molecule has 0 amide bonds. The Morgan fingerprint density at radius 3 is 2.38 bits per heavy atom. The molecule has 1 aliphatic carbocycles. The Bertz CT molecular complexity index is 1050. The molecule has 0 unspecified atom stereocenters. The number of imidazole rings is 1. The zero-order valence-electron chi connectivity index (χ0n) is 15.8. The fourth-order valence-corrected chi connectivity index (χ4v) is 3.63. The summed E-state index contributed by atoms with van der Waals surface area (Å²) in [5, 5.41) is 0. The van der Waals surface area contributed by atoms with Crippen LogP contribution in [0, 0.1) is 0 Å². The van der Waals surface area contributed by atoms with Crippen LogP contribution in [0.4, 0.5) is 24.8 Å². The zero-order chi connectivity index (χ0) is 20.2. The Balaban J connectivity index is 1.39. The topological polar surface area (TPSA) is 75.9 Å². The van der Waals surface area contributed by atoms with Crippen LogP contribution < -0.4 is 9.80 Å². The van der Waals surface area contributed by atoms with Crippen molar-refractivity contribution in [3.8, 4) is 0 Å². The smallest absolute Gasteiger partial charge is 0.353 e. The van der Waals surface area contributed by atoms with Crippen LogP contribution in [0.5, 0.6) is 0 Å². The molecule has 0 radical (unpaired) electrons. The van der Waals surface area contributed by atoms with Crippen molar-refractivity contribution in [3.05, 3.63) is 30.2 Å². The van der Waals surface area contributed by atoms with Gasteiger partial charge in [0.15, 0.2) is 11.5 Å². The summed E-state index contributed by atoms with van der Waals surface area (Å²) in [7, 11) is 1.89. The SMILES string of the molecule is Cn1cnc2ncnc(N3CCN(c4cc(C(F)(F)F)nc(C5CC5)n4)CC3)c21. The molecule has 1 saturated carbocycles. The number of halogens is 3. The van der Waals surface area contributed by atoms with Crippen molar-refractivity contribution in [1.29, 1.82) is 0 Å². The summed E-state index contributed by atoms with van der Waals surface area (Å²) in [5.41, 5.74) is 0.609. The predicted octanol–water partition coefficient (Wildman–Crippen LogP) is 2.38. The van der Waals surface area contributed by atoms with E-state index in [0.29, 0.717) is 43.5 Å². The molecular formula is C18H19F3N8. The highest BCUT2D eigenvalue weighted by molar-refractivity contribution is 5.83. The van der Waals surface area contributed by atoms with Gasteiger partial charge in [-0.2, -0.15) is 13.2 Å². The Hall–Kier alpha value is -2.98.